The van der Waals surface area contributed by atoms with Crippen molar-refractivity contribution in [2.24, 2.45) is 5.73 Å². The summed E-state index contributed by atoms with van der Waals surface area (Å²) in [5, 5.41) is 0. The van der Waals surface area contributed by atoms with Crippen LogP contribution < -0.4 is 5.73 Å². The topological polar surface area (TPSA) is 29.3 Å². The fourth-order valence-electron chi connectivity index (χ4n) is 3.84. The van der Waals surface area contributed by atoms with Gasteiger partial charge in [-0.2, -0.15) is 0 Å². The van der Waals surface area contributed by atoms with Crippen molar-refractivity contribution in [1.29, 1.82) is 0 Å². The summed E-state index contributed by atoms with van der Waals surface area (Å²) in [5.41, 5.74) is 7.24. The van der Waals surface area contributed by atoms with Gasteiger partial charge in [-0.05, 0) is 49.8 Å². The van der Waals surface area contributed by atoms with Gasteiger partial charge in [-0.3, -0.25) is 4.90 Å². The van der Waals surface area contributed by atoms with E-state index in [1.807, 2.05) is 6.07 Å². The van der Waals surface area contributed by atoms with Crippen LogP contribution in [0.15, 0.2) is 24.3 Å². The lowest BCUT2D eigenvalue weighted by atomic mass is 9.82. The molecule has 0 spiro atoms. The van der Waals surface area contributed by atoms with Gasteiger partial charge in [0.15, 0.2) is 0 Å². The summed E-state index contributed by atoms with van der Waals surface area (Å²) >= 11 is 0. The minimum atomic E-state index is -0.127. The van der Waals surface area contributed by atoms with E-state index in [1.54, 1.807) is 12.1 Å². The average Bonchev–Trinajstić information content (AvgIpc) is 2.36. The van der Waals surface area contributed by atoms with Crippen LogP contribution in [0.5, 0.6) is 0 Å². The standard InChI is InChI=1S/C16H23FN2/c17-13-4-1-3-12(9-13)7-8-19-15-5-2-6-16(19)11-14(18)10-15/h1,3-4,9,14-16H,2,5-8,10-11,18H2. The Morgan fingerprint density at radius 3 is 2.63 bits per heavy atom. The molecular weight excluding hydrogens is 239 g/mol. The molecule has 2 unspecified atom stereocenters. The minimum absolute atomic E-state index is 0.127. The summed E-state index contributed by atoms with van der Waals surface area (Å²) < 4.78 is 13.2. The van der Waals surface area contributed by atoms with Crippen LogP contribution in [-0.2, 0) is 6.42 Å². The average molecular weight is 262 g/mol. The van der Waals surface area contributed by atoms with Gasteiger partial charge >= 0.3 is 0 Å². The van der Waals surface area contributed by atoms with Gasteiger partial charge in [0.05, 0.1) is 0 Å². The van der Waals surface area contributed by atoms with Crippen LogP contribution in [0.25, 0.3) is 0 Å². The number of nitrogens with two attached hydrogens (primary N) is 1. The molecule has 0 amide bonds. The Balaban J connectivity index is 1.63. The van der Waals surface area contributed by atoms with Crippen LogP contribution in [0.1, 0.15) is 37.7 Å². The molecule has 104 valence electrons. The first-order valence-electron chi connectivity index (χ1n) is 7.48. The maximum Gasteiger partial charge on any atom is 0.123 e. The Labute approximate surface area is 114 Å². The molecular formula is C16H23FN2. The summed E-state index contributed by atoms with van der Waals surface area (Å²) in [6, 6.07) is 8.71. The van der Waals surface area contributed by atoms with Crippen molar-refractivity contribution in [1.82, 2.24) is 4.90 Å². The summed E-state index contributed by atoms with van der Waals surface area (Å²) in [5.74, 6) is -0.127. The van der Waals surface area contributed by atoms with E-state index >= 15 is 0 Å². The van der Waals surface area contributed by atoms with Gasteiger partial charge in [-0.15, -0.1) is 0 Å². The zero-order chi connectivity index (χ0) is 13.2. The summed E-state index contributed by atoms with van der Waals surface area (Å²) in [6.45, 7) is 1.05. The smallest absolute Gasteiger partial charge is 0.123 e. The summed E-state index contributed by atoms with van der Waals surface area (Å²) in [4.78, 5) is 2.64. The summed E-state index contributed by atoms with van der Waals surface area (Å²) in [7, 11) is 0. The normalized spacial score (nSPS) is 31.4. The van der Waals surface area contributed by atoms with Crippen LogP contribution in [0.2, 0.25) is 0 Å². The van der Waals surface area contributed by atoms with E-state index in [-0.39, 0.29) is 5.82 Å². The zero-order valence-corrected chi connectivity index (χ0v) is 11.4. The molecule has 2 aliphatic heterocycles. The minimum Gasteiger partial charge on any atom is -0.328 e. The highest BCUT2D eigenvalue weighted by atomic mass is 19.1. The highest BCUT2D eigenvalue weighted by molar-refractivity contribution is 5.16. The van der Waals surface area contributed by atoms with Gasteiger partial charge in [0.1, 0.15) is 5.82 Å². The molecule has 2 atom stereocenters. The predicted octanol–water partition coefficient (Wildman–Crippen LogP) is 2.71. The van der Waals surface area contributed by atoms with Crippen molar-refractivity contribution in [3.63, 3.8) is 0 Å². The van der Waals surface area contributed by atoms with E-state index < -0.39 is 0 Å². The molecule has 1 aromatic carbocycles. The SMILES string of the molecule is NC1CC2CCCC(C1)N2CCc1cccc(F)c1. The molecule has 19 heavy (non-hydrogen) atoms. The number of hydrogen-bond donors (Lipinski definition) is 1. The fourth-order valence-corrected chi connectivity index (χ4v) is 3.84. The molecule has 2 bridgehead atoms. The quantitative estimate of drug-likeness (QED) is 0.907. The highest BCUT2D eigenvalue weighted by Crippen LogP contribution is 2.33. The third kappa shape index (κ3) is 2.98. The third-order valence-corrected chi connectivity index (χ3v) is 4.71. The van der Waals surface area contributed by atoms with Gasteiger partial charge in [0.25, 0.3) is 0 Å². The van der Waals surface area contributed by atoms with E-state index in [4.69, 9.17) is 5.73 Å². The first-order valence-corrected chi connectivity index (χ1v) is 7.48. The largest absolute Gasteiger partial charge is 0.328 e. The molecule has 2 aliphatic rings. The lowest BCUT2D eigenvalue weighted by Gasteiger charge is -2.48. The second kappa shape index (κ2) is 5.59. The van der Waals surface area contributed by atoms with Crippen molar-refractivity contribution >= 4 is 0 Å². The highest BCUT2D eigenvalue weighted by Gasteiger charge is 2.36. The molecule has 2 fully saturated rings. The molecule has 0 aliphatic carbocycles. The number of hydrogen-bond acceptors (Lipinski definition) is 2. The van der Waals surface area contributed by atoms with Crippen LogP contribution in [0, 0.1) is 5.82 Å². The second-order valence-corrected chi connectivity index (χ2v) is 6.09. The van der Waals surface area contributed by atoms with Crippen molar-refractivity contribution in [2.45, 2.75) is 56.7 Å². The first kappa shape index (κ1) is 13.1. The van der Waals surface area contributed by atoms with E-state index in [1.165, 1.54) is 25.3 Å². The van der Waals surface area contributed by atoms with Crippen LogP contribution in [0.4, 0.5) is 4.39 Å². The Hall–Kier alpha value is -0.930. The fraction of sp³-hybridized carbons (Fsp3) is 0.625. The van der Waals surface area contributed by atoms with Gasteiger partial charge in [0, 0.05) is 24.7 Å². The van der Waals surface area contributed by atoms with E-state index in [0.717, 1.165) is 31.4 Å². The molecule has 2 saturated heterocycles. The Kier molecular flexibility index (Phi) is 3.85. The van der Waals surface area contributed by atoms with Gasteiger partial charge in [0.2, 0.25) is 0 Å². The van der Waals surface area contributed by atoms with Gasteiger partial charge in [-0.1, -0.05) is 18.6 Å². The number of nitrogens with zero attached hydrogens (tertiary/aromatic N) is 1. The lowest BCUT2D eigenvalue weighted by molar-refractivity contribution is 0.0327. The monoisotopic (exact) mass is 262 g/mol. The zero-order valence-electron chi connectivity index (χ0n) is 11.4. The molecule has 0 aromatic heterocycles. The molecule has 3 rings (SSSR count). The van der Waals surface area contributed by atoms with E-state index in [9.17, 15) is 4.39 Å². The molecule has 3 heteroatoms. The number of benzene rings is 1. The maximum atomic E-state index is 13.2. The lowest BCUT2D eigenvalue weighted by Crippen LogP contribution is -2.55. The number of halogens is 1. The Morgan fingerprint density at radius 2 is 1.95 bits per heavy atom. The maximum absolute atomic E-state index is 13.2. The first-order chi connectivity index (χ1) is 9.22. The van der Waals surface area contributed by atoms with Crippen molar-refractivity contribution < 1.29 is 4.39 Å². The van der Waals surface area contributed by atoms with E-state index in [2.05, 4.69) is 4.90 Å². The van der Waals surface area contributed by atoms with Crippen molar-refractivity contribution in [3.8, 4) is 0 Å². The van der Waals surface area contributed by atoms with Crippen LogP contribution in [-0.4, -0.2) is 29.6 Å². The van der Waals surface area contributed by atoms with Crippen LogP contribution >= 0.6 is 0 Å². The predicted molar refractivity (Wildman–Crippen MR) is 75.4 cm³/mol. The summed E-state index contributed by atoms with van der Waals surface area (Å²) in [6.07, 6.45) is 7.14. The molecule has 0 radical (unpaired) electrons. The van der Waals surface area contributed by atoms with E-state index in [0.29, 0.717) is 18.1 Å². The van der Waals surface area contributed by atoms with Gasteiger partial charge < -0.3 is 5.73 Å². The molecule has 2 heterocycles. The van der Waals surface area contributed by atoms with Gasteiger partial charge in [-0.25, -0.2) is 4.39 Å². The number of fused-ring (bicyclic) bond motifs is 2. The van der Waals surface area contributed by atoms with Crippen LogP contribution in [0.3, 0.4) is 0 Å². The van der Waals surface area contributed by atoms with Crippen molar-refractivity contribution in [3.05, 3.63) is 35.6 Å². The molecule has 0 saturated carbocycles. The molecule has 2 N–H and O–H groups in total. The molecule has 1 aromatic rings. The second-order valence-electron chi connectivity index (χ2n) is 6.09. The molecule has 2 nitrogen and oxygen atoms in total. The Bertz CT molecular complexity index is 421. The third-order valence-electron chi connectivity index (χ3n) is 4.71. The Morgan fingerprint density at radius 1 is 1.21 bits per heavy atom. The van der Waals surface area contributed by atoms with Crippen molar-refractivity contribution in [2.75, 3.05) is 6.54 Å². The number of piperidine rings is 2. The number of rotatable bonds is 3.